The van der Waals surface area contributed by atoms with E-state index in [0.717, 1.165) is 77.3 Å². The molecule has 1 amide bonds. The molecule has 0 bridgehead atoms. The third kappa shape index (κ3) is 37.9. The zero-order valence-electron chi connectivity index (χ0n) is 35.8. The van der Waals surface area contributed by atoms with Gasteiger partial charge in [-0.15, -0.1) is 0 Å². The van der Waals surface area contributed by atoms with Crippen molar-refractivity contribution in [3.8, 4) is 0 Å². The molecule has 0 aliphatic rings. The largest absolute Gasteiger partial charge is 0.462 e. The summed E-state index contributed by atoms with van der Waals surface area (Å²) in [6, 6.07) is 0. The maximum absolute atomic E-state index is 12.5. The van der Waals surface area contributed by atoms with E-state index in [4.69, 9.17) is 14.2 Å². The van der Waals surface area contributed by atoms with E-state index in [1.165, 1.54) is 103 Å². The van der Waals surface area contributed by atoms with Gasteiger partial charge in [0.2, 0.25) is 0 Å². The van der Waals surface area contributed by atoms with Crippen molar-refractivity contribution >= 4 is 18.0 Å². The zero-order valence-corrected chi connectivity index (χ0v) is 35.8. The van der Waals surface area contributed by atoms with Gasteiger partial charge in [-0.1, -0.05) is 155 Å². The first-order valence-electron chi connectivity index (χ1n) is 22.7. The number of hydrogen-bond donors (Lipinski definition) is 1. The van der Waals surface area contributed by atoms with Gasteiger partial charge in [-0.2, -0.15) is 0 Å². The smallest absolute Gasteiger partial charge is 0.407 e. The van der Waals surface area contributed by atoms with Gasteiger partial charge in [-0.25, -0.2) is 4.79 Å². The minimum Gasteiger partial charge on any atom is -0.462 e. The molecule has 0 fully saturated rings. The molecule has 1 N–H and O–H groups in total. The Hall–Kier alpha value is -2.35. The van der Waals surface area contributed by atoms with Gasteiger partial charge in [0.25, 0.3) is 0 Å². The van der Waals surface area contributed by atoms with Crippen molar-refractivity contribution in [3.63, 3.8) is 0 Å². The Morgan fingerprint density at radius 1 is 0.500 bits per heavy atom. The summed E-state index contributed by atoms with van der Waals surface area (Å²) in [6.45, 7) is 11.4. The summed E-state index contributed by atoms with van der Waals surface area (Å²) in [7, 11) is 0. The molecule has 0 atom stereocenters. The number of esters is 2. The van der Waals surface area contributed by atoms with E-state index >= 15 is 0 Å². The minimum absolute atomic E-state index is 0.131. The molecule has 0 radical (unpaired) electrons. The molecule has 8 nitrogen and oxygen atoms in total. The lowest BCUT2D eigenvalue weighted by Gasteiger charge is -2.20. The van der Waals surface area contributed by atoms with Crippen LogP contribution in [0.25, 0.3) is 0 Å². The molecule has 316 valence electrons. The maximum atomic E-state index is 12.5. The molecule has 0 rings (SSSR count). The highest BCUT2D eigenvalue weighted by Crippen LogP contribution is 2.13. The maximum Gasteiger partial charge on any atom is 0.407 e. The number of alkyl carbamates (subject to hydrolysis) is 1. The van der Waals surface area contributed by atoms with Crippen molar-refractivity contribution in [3.05, 3.63) is 24.3 Å². The fourth-order valence-electron chi connectivity index (χ4n) is 6.36. The van der Waals surface area contributed by atoms with Crippen molar-refractivity contribution in [2.45, 2.75) is 214 Å². The van der Waals surface area contributed by atoms with Gasteiger partial charge < -0.3 is 24.4 Å². The molecule has 0 heterocycles. The number of amides is 1. The Morgan fingerprint density at radius 2 is 0.852 bits per heavy atom. The summed E-state index contributed by atoms with van der Waals surface area (Å²) in [6.07, 6.45) is 39.7. The van der Waals surface area contributed by atoms with Crippen LogP contribution in [-0.2, 0) is 23.8 Å². The van der Waals surface area contributed by atoms with Crippen molar-refractivity contribution in [2.75, 3.05) is 39.4 Å². The fourth-order valence-corrected chi connectivity index (χ4v) is 6.36. The molecule has 0 aliphatic carbocycles. The van der Waals surface area contributed by atoms with Crippen molar-refractivity contribution < 1.29 is 28.6 Å². The van der Waals surface area contributed by atoms with Crippen LogP contribution < -0.4 is 5.32 Å². The lowest BCUT2D eigenvalue weighted by molar-refractivity contribution is -0.152. The average Bonchev–Trinajstić information content (AvgIpc) is 3.17. The molecule has 0 unspecified atom stereocenters. The SMILES string of the molecule is CCCCCCCC/C=C\CCCCCCCC(=O)OCC(COC(=O)CCCCCCC/C=C\CCCCCCCC)OC(=O)NCCN(CC)CC. The Balaban J connectivity index is 4.27. The topological polar surface area (TPSA) is 94.2 Å². The van der Waals surface area contributed by atoms with Gasteiger partial charge in [-0.3, -0.25) is 9.59 Å². The van der Waals surface area contributed by atoms with E-state index in [0.29, 0.717) is 25.9 Å². The first kappa shape index (κ1) is 51.6. The second kappa shape index (κ2) is 41.8. The lowest BCUT2D eigenvalue weighted by atomic mass is 10.1. The predicted molar refractivity (Wildman–Crippen MR) is 227 cm³/mol. The van der Waals surface area contributed by atoms with Crippen LogP contribution in [0, 0.1) is 0 Å². The van der Waals surface area contributed by atoms with Gasteiger partial charge >= 0.3 is 18.0 Å². The second-order valence-corrected chi connectivity index (χ2v) is 15.0. The summed E-state index contributed by atoms with van der Waals surface area (Å²) in [5.41, 5.74) is 0. The standard InChI is InChI=1S/C46H86N2O6/c1-5-9-11-13-15-17-19-21-23-25-27-29-31-33-35-37-44(49)52-41-43(54-46(51)47-39-40-48(7-3)8-4)42-53-45(50)38-36-34-32-30-28-26-24-22-20-18-16-14-12-10-6-2/h21-24,43H,5-20,25-42H2,1-4H3,(H,47,51)/b23-21-,24-22-. The number of unbranched alkanes of at least 4 members (excludes halogenated alkanes) is 22. The number of nitrogens with zero attached hydrogens (tertiary/aromatic N) is 1. The lowest BCUT2D eigenvalue weighted by Crippen LogP contribution is -2.39. The summed E-state index contributed by atoms with van der Waals surface area (Å²) in [5, 5.41) is 2.76. The van der Waals surface area contributed by atoms with Gasteiger partial charge in [0.15, 0.2) is 6.10 Å². The number of carbonyl (C=O) groups excluding carboxylic acids is 3. The number of hydrogen-bond acceptors (Lipinski definition) is 7. The molecule has 0 saturated carbocycles. The molecule has 0 aromatic carbocycles. The van der Waals surface area contributed by atoms with Crippen molar-refractivity contribution in [2.24, 2.45) is 0 Å². The summed E-state index contributed by atoms with van der Waals surface area (Å²) in [4.78, 5) is 39.7. The first-order valence-corrected chi connectivity index (χ1v) is 22.7. The van der Waals surface area contributed by atoms with Gasteiger partial charge in [0, 0.05) is 25.9 Å². The third-order valence-corrected chi connectivity index (χ3v) is 10.0. The van der Waals surface area contributed by atoms with Crippen LogP contribution in [0.1, 0.15) is 207 Å². The number of likely N-dealkylation sites (N-methyl/N-ethyl adjacent to an activating group) is 1. The number of nitrogens with one attached hydrogen (secondary N) is 1. The van der Waals surface area contributed by atoms with E-state index < -0.39 is 12.2 Å². The van der Waals surface area contributed by atoms with Crippen LogP contribution in [-0.4, -0.2) is 68.4 Å². The monoisotopic (exact) mass is 763 g/mol. The molecular formula is C46H86N2O6. The highest BCUT2D eigenvalue weighted by atomic mass is 16.6. The predicted octanol–water partition coefficient (Wildman–Crippen LogP) is 12.6. The molecule has 0 saturated heterocycles. The van der Waals surface area contributed by atoms with Gasteiger partial charge in [0.1, 0.15) is 13.2 Å². The van der Waals surface area contributed by atoms with E-state index in [-0.39, 0.29) is 25.2 Å². The number of rotatable bonds is 40. The highest BCUT2D eigenvalue weighted by Gasteiger charge is 2.19. The first-order chi connectivity index (χ1) is 26.5. The summed E-state index contributed by atoms with van der Waals surface area (Å²) < 4.78 is 16.5. The van der Waals surface area contributed by atoms with E-state index in [1.807, 2.05) is 0 Å². The fraction of sp³-hybridized carbons (Fsp3) is 0.848. The average molecular weight is 763 g/mol. The second-order valence-electron chi connectivity index (χ2n) is 15.0. The van der Waals surface area contributed by atoms with E-state index in [1.54, 1.807) is 0 Å². The minimum atomic E-state index is -0.852. The molecule has 0 aliphatic heterocycles. The number of carbonyl (C=O) groups is 3. The van der Waals surface area contributed by atoms with Crippen LogP contribution in [0.2, 0.25) is 0 Å². The van der Waals surface area contributed by atoms with Gasteiger partial charge in [-0.05, 0) is 77.3 Å². The quantitative estimate of drug-likeness (QED) is 0.0287. The Morgan fingerprint density at radius 3 is 1.22 bits per heavy atom. The van der Waals surface area contributed by atoms with E-state index in [2.05, 4.69) is 62.2 Å². The number of ether oxygens (including phenoxy) is 3. The Bertz CT molecular complexity index is 848. The van der Waals surface area contributed by atoms with Crippen LogP contribution in [0.4, 0.5) is 4.79 Å². The molecule has 0 spiro atoms. The van der Waals surface area contributed by atoms with Crippen LogP contribution in [0.5, 0.6) is 0 Å². The molecule has 54 heavy (non-hydrogen) atoms. The summed E-state index contributed by atoms with van der Waals surface area (Å²) >= 11 is 0. The molecule has 8 heteroatoms. The van der Waals surface area contributed by atoms with Crippen LogP contribution >= 0.6 is 0 Å². The third-order valence-electron chi connectivity index (χ3n) is 10.0. The Kier molecular flexibility index (Phi) is 40.0. The van der Waals surface area contributed by atoms with Crippen molar-refractivity contribution in [1.29, 1.82) is 0 Å². The van der Waals surface area contributed by atoms with Crippen LogP contribution in [0.3, 0.4) is 0 Å². The van der Waals surface area contributed by atoms with Crippen molar-refractivity contribution in [1.82, 2.24) is 10.2 Å². The Labute approximate surface area is 333 Å². The van der Waals surface area contributed by atoms with Gasteiger partial charge in [0.05, 0.1) is 0 Å². The van der Waals surface area contributed by atoms with E-state index in [9.17, 15) is 14.4 Å². The van der Waals surface area contributed by atoms with Crippen LogP contribution in [0.15, 0.2) is 24.3 Å². The highest BCUT2D eigenvalue weighted by molar-refractivity contribution is 5.70. The molecule has 0 aromatic rings. The molecular weight excluding hydrogens is 677 g/mol. The summed E-state index contributed by atoms with van der Waals surface area (Å²) in [5.74, 6) is -0.634. The zero-order chi connectivity index (χ0) is 39.6. The molecule has 0 aromatic heterocycles. The number of allylic oxidation sites excluding steroid dienone is 4. The normalized spacial score (nSPS) is 11.7.